The SMILES string of the molecule is Cc1c(OC2CCC3(CC2)OCCO3)ccnc1CS(=O)c1nc2ccccc2[nH]1.[Na]. The Morgan fingerprint density at radius 2 is 1.94 bits per heavy atom. The normalized spacial score (nSPS) is 19.4. The smallest absolute Gasteiger partial charge is 0.197 e. The fourth-order valence-electron chi connectivity index (χ4n) is 4.18. The number of nitrogens with one attached hydrogen (secondary N) is 1. The number of ether oxygens (including phenoxy) is 3. The van der Waals surface area contributed by atoms with Crippen molar-refractivity contribution in [3.05, 3.63) is 47.8 Å². The molecule has 1 spiro atoms. The minimum atomic E-state index is -1.32. The Morgan fingerprint density at radius 3 is 2.68 bits per heavy atom. The van der Waals surface area contributed by atoms with Gasteiger partial charge in [-0.15, -0.1) is 0 Å². The summed E-state index contributed by atoms with van der Waals surface area (Å²) in [6.07, 6.45) is 5.33. The number of imidazole rings is 1. The second-order valence-corrected chi connectivity index (χ2v) is 9.22. The molecule has 0 amide bonds. The Labute approximate surface area is 206 Å². The van der Waals surface area contributed by atoms with Gasteiger partial charge in [-0.3, -0.25) is 9.19 Å². The number of pyridine rings is 1. The van der Waals surface area contributed by atoms with Crippen LogP contribution in [0.2, 0.25) is 0 Å². The molecule has 1 saturated heterocycles. The summed E-state index contributed by atoms with van der Waals surface area (Å²) in [6, 6.07) is 9.56. The molecule has 1 radical (unpaired) electrons. The van der Waals surface area contributed by atoms with Gasteiger partial charge in [-0.1, -0.05) is 12.1 Å². The summed E-state index contributed by atoms with van der Waals surface area (Å²) in [4.78, 5) is 12.1. The molecule has 1 aromatic carbocycles. The van der Waals surface area contributed by atoms with Crippen molar-refractivity contribution in [1.82, 2.24) is 15.0 Å². The maximum Gasteiger partial charge on any atom is 0.197 e. The van der Waals surface area contributed by atoms with Crippen LogP contribution in [0.25, 0.3) is 11.0 Å². The van der Waals surface area contributed by atoms with Crippen LogP contribution in [0, 0.1) is 6.92 Å². The molecular weight excluding hydrogens is 425 g/mol. The van der Waals surface area contributed by atoms with Crippen molar-refractivity contribution in [1.29, 1.82) is 0 Å². The van der Waals surface area contributed by atoms with Gasteiger partial charge in [0.05, 0.1) is 52.6 Å². The van der Waals surface area contributed by atoms with Crippen molar-refractivity contribution in [2.24, 2.45) is 0 Å². The van der Waals surface area contributed by atoms with Crippen molar-refractivity contribution < 1.29 is 18.4 Å². The third-order valence-corrected chi connectivity index (χ3v) is 7.07. The summed E-state index contributed by atoms with van der Waals surface area (Å²) in [5, 5.41) is 0.470. The molecule has 2 aromatic heterocycles. The first-order valence-electron chi connectivity index (χ1n) is 10.3. The van der Waals surface area contributed by atoms with Crippen LogP contribution in [0.3, 0.4) is 0 Å². The van der Waals surface area contributed by atoms with Crippen LogP contribution in [0.15, 0.2) is 41.7 Å². The fraction of sp³-hybridized carbons (Fsp3) is 0.455. The molecule has 1 aliphatic carbocycles. The van der Waals surface area contributed by atoms with E-state index in [-0.39, 0.29) is 47.2 Å². The van der Waals surface area contributed by atoms with Gasteiger partial charge in [0, 0.05) is 54.2 Å². The zero-order valence-corrected chi connectivity index (χ0v) is 20.7. The average molecular weight is 451 g/mol. The Morgan fingerprint density at radius 1 is 1.19 bits per heavy atom. The number of para-hydroxylation sites is 2. The van der Waals surface area contributed by atoms with Crippen LogP contribution in [0.1, 0.15) is 36.9 Å². The molecule has 5 rings (SSSR count). The van der Waals surface area contributed by atoms with Gasteiger partial charge in [-0.05, 0) is 38.0 Å². The molecular formula is C22H25N3NaO4S. The molecule has 0 bridgehead atoms. The van der Waals surface area contributed by atoms with Gasteiger partial charge in [0.15, 0.2) is 10.9 Å². The number of rotatable bonds is 5. The molecule has 2 fully saturated rings. The van der Waals surface area contributed by atoms with E-state index in [0.717, 1.165) is 53.7 Å². The predicted octanol–water partition coefficient (Wildman–Crippen LogP) is 3.26. The number of hydrogen-bond acceptors (Lipinski definition) is 6. The maximum absolute atomic E-state index is 12.9. The van der Waals surface area contributed by atoms with E-state index in [9.17, 15) is 4.21 Å². The van der Waals surface area contributed by atoms with Crippen LogP contribution >= 0.6 is 0 Å². The zero-order chi connectivity index (χ0) is 20.6. The van der Waals surface area contributed by atoms with Crippen LogP contribution in [-0.2, 0) is 26.0 Å². The topological polar surface area (TPSA) is 86.3 Å². The van der Waals surface area contributed by atoms with E-state index in [1.807, 2.05) is 37.3 Å². The number of aromatic nitrogens is 3. The summed E-state index contributed by atoms with van der Waals surface area (Å²) in [6.45, 7) is 3.34. The van der Waals surface area contributed by atoms with E-state index < -0.39 is 10.8 Å². The van der Waals surface area contributed by atoms with Gasteiger partial charge in [0.1, 0.15) is 5.75 Å². The molecule has 159 valence electrons. The largest absolute Gasteiger partial charge is 0.490 e. The van der Waals surface area contributed by atoms with Crippen LogP contribution < -0.4 is 4.74 Å². The Hall–Kier alpha value is -1.29. The van der Waals surface area contributed by atoms with Gasteiger partial charge in [0.2, 0.25) is 0 Å². The van der Waals surface area contributed by atoms with Crippen molar-refractivity contribution in [3.8, 4) is 5.75 Å². The number of aromatic amines is 1. The number of fused-ring (bicyclic) bond motifs is 1. The van der Waals surface area contributed by atoms with E-state index in [1.165, 1.54) is 0 Å². The minimum Gasteiger partial charge on any atom is -0.490 e. The number of hydrogen-bond donors (Lipinski definition) is 1. The second-order valence-electron chi connectivity index (χ2n) is 7.85. The van der Waals surface area contributed by atoms with E-state index in [0.29, 0.717) is 18.4 Å². The van der Waals surface area contributed by atoms with Gasteiger partial charge in [-0.2, -0.15) is 0 Å². The minimum absolute atomic E-state index is 0. The van der Waals surface area contributed by atoms with E-state index >= 15 is 0 Å². The van der Waals surface area contributed by atoms with Crippen molar-refractivity contribution in [3.63, 3.8) is 0 Å². The predicted molar refractivity (Wildman–Crippen MR) is 118 cm³/mol. The molecule has 1 atom stereocenters. The quantitative estimate of drug-likeness (QED) is 0.601. The molecule has 2 aliphatic rings. The summed E-state index contributed by atoms with van der Waals surface area (Å²) in [7, 11) is -1.32. The van der Waals surface area contributed by atoms with Gasteiger partial charge >= 0.3 is 0 Å². The van der Waals surface area contributed by atoms with Crippen molar-refractivity contribution >= 4 is 51.4 Å². The first-order chi connectivity index (χ1) is 14.6. The van der Waals surface area contributed by atoms with Crippen LogP contribution in [-0.4, -0.2) is 73.8 Å². The number of H-pyrrole nitrogens is 1. The van der Waals surface area contributed by atoms with E-state index in [4.69, 9.17) is 14.2 Å². The van der Waals surface area contributed by atoms with Crippen LogP contribution in [0.4, 0.5) is 0 Å². The monoisotopic (exact) mass is 450 g/mol. The summed E-state index contributed by atoms with van der Waals surface area (Å²) < 4.78 is 30.8. The Bertz CT molecular complexity index is 1040. The first kappa shape index (κ1) is 22.9. The average Bonchev–Trinajstić information content (AvgIpc) is 3.40. The molecule has 31 heavy (non-hydrogen) atoms. The molecule has 3 heterocycles. The molecule has 1 unspecified atom stereocenters. The molecule has 7 nitrogen and oxygen atoms in total. The third kappa shape index (κ3) is 4.89. The van der Waals surface area contributed by atoms with Gasteiger partial charge in [0.25, 0.3) is 0 Å². The zero-order valence-electron chi connectivity index (χ0n) is 17.9. The Kier molecular flexibility index (Phi) is 7.15. The number of nitrogens with zero attached hydrogens (tertiary/aromatic N) is 2. The van der Waals surface area contributed by atoms with Crippen LogP contribution in [0.5, 0.6) is 5.75 Å². The van der Waals surface area contributed by atoms with E-state index in [2.05, 4.69) is 15.0 Å². The number of benzene rings is 1. The standard InChI is InChI=1S/C22H25N3O4S.Na/c1-15-19(14-30(26)21-24-17-4-2-3-5-18(17)25-21)23-11-8-20(15)29-16-6-9-22(10-7-16)27-12-13-28-22;/h2-5,8,11,16H,6-7,9-10,12-14H2,1H3,(H,24,25);. The molecule has 3 aromatic rings. The maximum atomic E-state index is 12.9. The summed E-state index contributed by atoms with van der Waals surface area (Å²) in [5.74, 6) is 0.705. The van der Waals surface area contributed by atoms with Crippen molar-refractivity contribution in [2.75, 3.05) is 13.2 Å². The fourth-order valence-corrected chi connectivity index (χ4v) is 5.28. The summed E-state index contributed by atoms with van der Waals surface area (Å²) >= 11 is 0. The van der Waals surface area contributed by atoms with Gasteiger partial charge < -0.3 is 19.2 Å². The first-order valence-corrected chi connectivity index (χ1v) is 11.7. The molecule has 9 heteroatoms. The second kappa shape index (κ2) is 9.68. The Balaban J connectivity index is 0.00000231. The molecule has 1 saturated carbocycles. The van der Waals surface area contributed by atoms with Gasteiger partial charge in [-0.25, -0.2) is 4.98 Å². The molecule has 1 aliphatic heterocycles. The third-order valence-electron chi connectivity index (χ3n) is 5.91. The van der Waals surface area contributed by atoms with E-state index in [1.54, 1.807) is 6.20 Å². The summed E-state index contributed by atoms with van der Waals surface area (Å²) in [5.41, 5.74) is 3.39. The molecule has 1 N–H and O–H groups in total. The van der Waals surface area contributed by atoms with Crippen molar-refractivity contribution in [2.45, 2.75) is 55.4 Å².